The van der Waals surface area contributed by atoms with Crippen LogP contribution in [0.2, 0.25) is 0 Å². The monoisotopic (exact) mass is 285 g/mol. The summed E-state index contributed by atoms with van der Waals surface area (Å²) < 4.78 is 5.22. The first-order valence-electron chi connectivity index (χ1n) is 7.44. The summed E-state index contributed by atoms with van der Waals surface area (Å²) >= 11 is 0. The number of carbonyl (C=O) groups excluding carboxylic acids is 1. The van der Waals surface area contributed by atoms with Crippen molar-refractivity contribution in [1.82, 2.24) is 9.97 Å². The van der Waals surface area contributed by atoms with E-state index < -0.39 is 0 Å². The van der Waals surface area contributed by atoms with E-state index in [2.05, 4.69) is 14.9 Å². The van der Waals surface area contributed by atoms with E-state index >= 15 is 0 Å². The largest absolute Gasteiger partial charge is 0.464 e. The first-order valence-corrected chi connectivity index (χ1v) is 7.44. The Labute approximate surface area is 124 Å². The van der Waals surface area contributed by atoms with Crippen molar-refractivity contribution < 1.29 is 9.53 Å². The van der Waals surface area contributed by atoms with Crippen molar-refractivity contribution in [2.24, 2.45) is 0 Å². The third-order valence-electron chi connectivity index (χ3n) is 3.86. The maximum Gasteiger partial charge on any atom is 0.328 e. The summed E-state index contributed by atoms with van der Waals surface area (Å²) in [4.78, 5) is 23.0. The lowest BCUT2D eigenvalue weighted by Gasteiger charge is -2.35. The number of carbonyl (C=O) groups is 1. The highest BCUT2D eigenvalue weighted by Gasteiger charge is 2.31. The second-order valence-electron chi connectivity index (χ2n) is 5.17. The normalized spacial score (nSPS) is 18.7. The van der Waals surface area contributed by atoms with Crippen LogP contribution in [0, 0.1) is 0 Å². The van der Waals surface area contributed by atoms with Gasteiger partial charge in [0.15, 0.2) is 0 Å². The van der Waals surface area contributed by atoms with Crippen molar-refractivity contribution in [3.63, 3.8) is 0 Å². The minimum absolute atomic E-state index is 0.153. The molecule has 21 heavy (non-hydrogen) atoms. The van der Waals surface area contributed by atoms with Gasteiger partial charge in [0.25, 0.3) is 0 Å². The SMILES string of the molecule is CCOC(=O)C1CCCCN1c1ncnc2ccccc12. The van der Waals surface area contributed by atoms with Crippen LogP contribution in [0.5, 0.6) is 0 Å². The van der Waals surface area contributed by atoms with Crippen LogP contribution < -0.4 is 4.90 Å². The van der Waals surface area contributed by atoms with Crippen LogP contribution in [0.4, 0.5) is 5.82 Å². The zero-order valence-electron chi connectivity index (χ0n) is 12.2. The smallest absolute Gasteiger partial charge is 0.328 e. The van der Waals surface area contributed by atoms with Gasteiger partial charge in [-0.25, -0.2) is 14.8 Å². The molecular weight excluding hydrogens is 266 g/mol. The summed E-state index contributed by atoms with van der Waals surface area (Å²) in [7, 11) is 0. The van der Waals surface area contributed by atoms with Gasteiger partial charge in [0, 0.05) is 11.9 Å². The molecule has 2 heterocycles. The van der Waals surface area contributed by atoms with E-state index in [9.17, 15) is 4.79 Å². The number of fused-ring (bicyclic) bond motifs is 1. The Balaban J connectivity index is 2.00. The molecule has 5 heteroatoms. The summed E-state index contributed by atoms with van der Waals surface area (Å²) in [6.45, 7) is 3.07. The molecule has 1 atom stereocenters. The standard InChI is InChI=1S/C16H19N3O2/c1-2-21-16(20)14-9-5-6-10-19(14)15-12-7-3-4-8-13(12)17-11-18-15/h3-4,7-8,11,14H,2,5-6,9-10H2,1H3. The number of hydrogen-bond donors (Lipinski definition) is 0. The number of nitrogens with zero attached hydrogens (tertiary/aromatic N) is 3. The third-order valence-corrected chi connectivity index (χ3v) is 3.86. The second-order valence-corrected chi connectivity index (χ2v) is 5.17. The Bertz CT molecular complexity index is 639. The van der Waals surface area contributed by atoms with Gasteiger partial charge in [-0.15, -0.1) is 0 Å². The molecule has 3 rings (SSSR count). The summed E-state index contributed by atoms with van der Waals surface area (Å²) in [5.41, 5.74) is 0.899. The molecule has 110 valence electrons. The van der Waals surface area contributed by atoms with Crippen LogP contribution in [-0.2, 0) is 9.53 Å². The minimum atomic E-state index is -0.239. The lowest BCUT2D eigenvalue weighted by atomic mass is 10.0. The fourth-order valence-corrected chi connectivity index (χ4v) is 2.89. The number of ether oxygens (including phenoxy) is 1. The van der Waals surface area contributed by atoms with E-state index in [4.69, 9.17) is 4.74 Å². The van der Waals surface area contributed by atoms with Gasteiger partial charge in [0.05, 0.1) is 12.1 Å². The highest BCUT2D eigenvalue weighted by molar-refractivity contribution is 5.91. The second kappa shape index (κ2) is 6.08. The maximum atomic E-state index is 12.2. The molecule has 1 saturated heterocycles. The predicted molar refractivity (Wildman–Crippen MR) is 81.2 cm³/mol. The van der Waals surface area contributed by atoms with Crippen molar-refractivity contribution >= 4 is 22.7 Å². The highest BCUT2D eigenvalue weighted by Crippen LogP contribution is 2.29. The average Bonchev–Trinajstić information content (AvgIpc) is 2.54. The molecule has 0 N–H and O–H groups in total. The first kappa shape index (κ1) is 13.8. The number of piperidine rings is 1. The van der Waals surface area contributed by atoms with Crippen LogP contribution >= 0.6 is 0 Å². The van der Waals surface area contributed by atoms with Crippen LogP contribution in [0.1, 0.15) is 26.2 Å². The van der Waals surface area contributed by atoms with Gasteiger partial charge >= 0.3 is 5.97 Å². The van der Waals surface area contributed by atoms with Crippen LogP contribution in [0.25, 0.3) is 10.9 Å². The van der Waals surface area contributed by atoms with Gasteiger partial charge in [-0.3, -0.25) is 0 Å². The number of esters is 1. The molecule has 0 radical (unpaired) electrons. The summed E-state index contributed by atoms with van der Waals surface area (Å²) in [6, 6.07) is 7.65. The van der Waals surface area contributed by atoms with Gasteiger partial charge in [-0.1, -0.05) is 12.1 Å². The minimum Gasteiger partial charge on any atom is -0.464 e. The fourth-order valence-electron chi connectivity index (χ4n) is 2.89. The maximum absolute atomic E-state index is 12.2. The summed E-state index contributed by atoms with van der Waals surface area (Å²) in [5.74, 6) is 0.679. The topological polar surface area (TPSA) is 55.3 Å². The molecule has 0 aliphatic carbocycles. The Morgan fingerprint density at radius 1 is 1.33 bits per heavy atom. The Morgan fingerprint density at radius 2 is 2.19 bits per heavy atom. The van der Waals surface area contributed by atoms with E-state index in [-0.39, 0.29) is 12.0 Å². The molecule has 1 fully saturated rings. The van der Waals surface area contributed by atoms with Gasteiger partial charge in [0.2, 0.25) is 0 Å². The lowest BCUT2D eigenvalue weighted by Crippen LogP contribution is -2.46. The molecule has 0 saturated carbocycles. The molecule has 2 aromatic rings. The summed E-state index contributed by atoms with van der Waals surface area (Å²) in [6.07, 6.45) is 4.49. The molecule has 1 aromatic carbocycles. The van der Waals surface area contributed by atoms with E-state index in [1.807, 2.05) is 31.2 Å². The molecule has 5 nitrogen and oxygen atoms in total. The molecule has 1 unspecified atom stereocenters. The molecular formula is C16H19N3O2. The Morgan fingerprint density at radius 3 is 3.05 bits per heavy atom. The molecule has 1 aliphatic rings. The van der Waals surface area contributed by atoms with Crippen LogP contribution in [0.3, 0.4) is 0 Å². The van der Waals surface area contributed by atoms with Gasteiger partial charge in [0.1, 0.15) is 18.2 Å². The molecule has 1 aliphatic heterocycles. The Hall–Kier alpha value is -2.17. The van der Waals surface area contributed by atoms with Crippen molar-refractivity contribution in [2.75, 3.05) is 18.1 Å². The molecule has 0 spiro atoms. The van der Waals surface area contributed by atoms with E-state index in [1.54, 1.807) is 6.33 Å². The van der Waals surface area contributed by atoms with E-state index in [0.717, 1.165) is 42.5 Å². The number of aromatic nitrogens is 2. The van der Waals surface area contributed by atoms with E-state index in [1.165, 1.54) is 0 Å². The predicted octanol–water partition coefficient (Wildman–Crippen LogP) is 2.55. The van der Waals surface area contributed by atoms with Crippen molar-refractivity contribution in [1.29, 1.82) is 0 Å². The van der Waals surface area contributed by atoms with Crippen LogP contribution in [-0.4, -0.2) is 35.1 Å². The van der Waals surface area contributed by atoms with Crippen molar-refractivity contribution in [3.05, 3.63) is 30.6 Å². The van der Waals surface area contributed by atoms with Gasteiger partial charge in [-0.2, -0.15) is 0 Å². The zero-order chi connectivity index (χ0) is 14.7. The highest BCUT2D eigenvalue weighted by atomic mass is 16.5. The number of para-hydroxylation sites is 1. The molecule has 1 aromatic heterocycles. The van der Waals surface area contributed by atoms with Crippen LogP contribution in [0.15, 0.2) is 30.6 Å². The lowest BCUT2D eigenvalue weighted by molar-refractivity contribution is -0.145. The summed E-state index contributed by atoms with van der Waals surface area (Å²) in [5, 5.41) is 0.983. The Kier molecular flexibility index (Phi) is 3.99. The van der Waals surface area contributed by atoms with Gasteiger partial charge < -0.3 is 9.64 Å². The van der Waals surface area contributed by atoms with E-state index in [0.29, 0.717) is 6.61 Å². The van der Waals surface area contributed by atoms with Crippen molar-refractivity contribution in [2.45, 2.75) is 32.2 Å². The number of rotatable bonds is 3. The molecule has 0 amide bonds. The number of benzene rings is 1. The number of anilines is 1. The number of hydrogen-bond acceptors (Lipinski definition) is 5. The van der Waals surface area contributed by atoms with Crippen molar-refractivity contribution in [3.8, 4) is 0 Å². The zero-order valence-corrected chi connectivity index (χ0v) is 12.2. The fraction of sp³-hybridized carbons (Fsp3) is 0.438. The average molecular weight is 285 g/mol. The third kappa shape index (κ3) is 2.68. The quantitative estimate of drug-likeness (QED) is 0.811. The first-order chi connectivity index (χ1) is 10.3. The molecule has 0 bridgehead atoms. The van der Waals surface area contributed by atoms with Gasteiger partial charge in [-0.05, 0) is 38.3 Å².